The molecule has 0 amide bonds. The monoisotopic (exact) mass is 478 g/mol. The predicted molar refractivity (Wildman–Crippen MR) is 145 cm³/mol. The average molecular weight is 479 g/mol. The first kappa shape index (κ1) is 24.2. The van der Waals surface area contributed by atoms with E-state index < -0.39 is 0 Å². The highest BCUT2D eigenvalue weighted by Gasteiger charge is 2.23. The van der Waals surface area contributed by atoms with Crippen LogP contribution in [0.2, 0.25) is 0 Å². The number of rotatable bonds is 8. The van der Waals surface area contributed by atoms with Crippen molar-refractivity contribution in [3.63, 3.8) is 0 Å². The van der Waals surface area contributed by atoms with Gasteiger partial charge in [0.05, 0.1) is 5.56 Å². The Morgan fingerprint density at radius 1 is 0.889 bits per heavy atom. The molecule has 0 aromatic heterocycles. The lowest BCUT2D eigenvalue weighted by Crippen LogP contribution is -2.14. The van der Waals surface area contributed by atoms with Crippen LogP contribution >= 0.6 is 0 Å². The molecule has 1 saturated carbocycles. The van der Waals surface area contributed by atoms with E-state index in [0.717, 1.165) is 28.2 Å². The van der Waals surface area contributed by atoms with Gasteiger partial charge in [0.25, 0.3) is 0 Å². The predicted octanol–water partition coefficient (Wildman–Crippen LogP) is 8.31. The van der Waals surface area contributed by atoms with Crippen molar-refractivity contribution in [2.24, 2.45) is 5.92 Å². The number of carbonyl (C=O) groups excluding carboxylic acids is 2. The van der Waals surface area contributed by atoms with Crippen molar-refractivity contribution in [3.8, 4) is 16.9 Å². The summed E-state index contributed by atoms with van der Waals surface area (Å²) < 4.78 is 5.73. The fourth-order valence-electron chi connectivity index (χ4n) is 5.86. The molecule has 0 atom stereocenters. The SMILES string of the molecule is C=CC(=O)c1ccc2c(c1)Cc1cc(OC(=O)c3ccc(C4CCC(CCCC)CC4)cc3)ccc1-2. The van der Waals surface area contributed by atoms with E-state index in [2.05, 4.69) is 25.6 Å². The van der Waals surface area contributed by atoms with Crippen LogP contribution in [0.25, 0.3) is 11.1 Å². The Balaban J connectivity index is 1.21. The zero-order chi connectivity index (χ0) is 25.1. The van der Waals surface area contributed by atoms with E-state index in [-0.39, 0.29) is 11.8 Å². The molecule has 0 aliphatic heterocycles. The van der Waals surface area contributed by atoms with Gasteiger partial charge in [0.1, 0.15) is 5.75 Å². The van der Waals surface area contributed by atoms with Gasteiger partial charge in [0, 0.05) is 5.56 Å². The quantitative estimate of drug-likeness (QED) is 0.111. The minimum atomic E-state index is -0.334. The van der Waals surface area contributed by atoms with E-state index in [1.54, 1.807) is 0 Å². The van der Waals surface area contributed by atoms with Gasteiger partial charge in [-0.15, -0.1) is 0 Å². The molecular formula is C33H34O3. The third-order valence-corrected chi connectivity index (χ3v) is 7.96. The second-order valence-corrected chi connectivity index (χ2v) is 10.3. The maximum absolute atomic E-state index is 12.8. The summed E-state index contributed by atoms with van der Waals surface area (Å²) in [6, 6.07) is 19.6. The van der Waals surface area contributed by atoms with E-state index in [4.69, 9.17) is 4.74 Å². The number of hydrogen-bond acceptors (Lipinski definition) is 3. The van der Waals surface area contributed by atoms with Crippen molar-refractivity contribution in [1.82, 2.24) is 0 Å². The molecule has 0 spiro atoms. The molecule has 3 aromatic carbocycles. The highest BCUT2D eigenvalue weighted by Crippen LogP contribution is 2.40. The van der Waals surface area contributed by atoms with Gasteiger partial charge >= 0.3 is 5.97 Å². The molecule has 1 fully saturated rings. The van der Waals surface area contributed by atoms with Crippen LogP contribution in [0, 0.1) is 5.92 Å². The molecule has 0 N–H and O–H groups in total. The van der Waals surface area contributed by atoms with E-state index in [0.29, 0.717) is 29.2 Å². The maximum Gasteiger partial charge on any atom is 0.343 e. The van der Waals surface area contributed by atoms with Crippen LogP contribution < -0.4 is 4.74 Å². The Morgan fingerprint density at radius 3 is 2.25 bits per heavy atom. The van der Waals surface area contributed by atoms with Crippen LogP contribution in [0.3, 0.4) is 0 Å². The summed E-state index contributed by atoms with van der Waals surface area (Å²) in [7, 11) is 0. The number of hydrogen-bond donors (Lipinski definition) is 0. The van der Waals surface area contributed by atoms with Crippen molar-refractivity contribution in [1.29, 1.82) is 0 Å². The lowest BCUT2D eigenvalue weighted by Gasteiger charge is -2.28. The van der Waals surface area contributed by atoms with E-state index in [1.807, 2.05) is 48.5 Å². The number of allylic oxidation sites excluding steroid dienone is 1. The van der Waals surface area contributed by atoms with Crippen LogP contribution in [0.5, 0.6) is 5.75 Å². The van der Waals surface area contributed by atoms with Gasteiger partial charge in [-0.1, -0.05) is 63.1 Å². The molecule has 184 valence electrons. The molecule has 3 nitrogen and oxygen atoms in total. The second-order valence-electron chi connectivity index (χ2n) is 10.3. The summed E-state index contributed by atoms with van der Waals surface area (Å²) in [6.45, 7) is 5.85. The largest absolute Gasteiger partial charge is 0.423 e. The van der Waals surface area contributed by atoms with E-state index >= 15 is 0 Å². The third-order valence-electron chi connectivity index (χ3n) is 7.96. The molecule has 2 aliphatic carbocycles. The maximum atomic E-state index is 12.8. The molecule has 0 heterocycles. The van der Waals surface area contributed by atoms with Crippen molar-refractivity contribution in [3.05, 3.63) is 101 Å². The summed E-state index contributed by atoms with van der Waals surface area (Å²) in [4.78, 5) is 24.8. The topological polar surface area (TPSA) is 43.4 Å². The van der Waals surface area contributed by atoms with Crippen LogP contribution in [-0.2, 0) is 6.42 Å². The lowest BCUT2D eigenvalue weighted by molar-refractivity contribution is 0.0734. The summed E-state index contributed by atoms with van der Waals surface area (Å²) >= 11 is 0. The average Bonchev–Trinajstić information content (AvgIpc) is 3.28. The molecular weight excluding hydrogens is 444 g/mol. The molecule has 3 aromatic rings. The first-order valence-corrected chi connectivity index (χ1v) is 13.3. The number of ketones is 1. The number of carbonyl (C=O) groups is 2. The molecule has 0 saturated heterocycles. The Morgan fingerprint density at radius 2 is 1.56 bits per heavy atom. The summed E-state index contributed by atoms with van der Waals surface area (Å²) in [5, 5.41) is 0. The lowest BCUT2D eigenvalue weighted by atomic mass is 9.77. The van der Waals surface area contributed by atoms with Gasteiger partial charge in [-0.2, -0.15) is 0 Å². The molecule has 2 aliphatic rings. The Hall–Kier alpha value is -3.46. The van der Waals surface area contributed by atoms with Crippen molar-refractivity contribution in [2.45, 2.75) is 64.2 Å². The van der Waals surface area contributed by atoms with Crippen LogP contribution in [0.15, 0.2) is 73.3 Å². The molecule has 5 rings (SSSR count). The van der Waals surface area contributed by atoms with Crippen LogP contribution in [-0.4, -0.2) is 11.8 Å². The number of esters is 1. The van der Waals surface area contributed by atoms with Crippen molar-refractivity contribution < 1.29 is 14.3 Å². The Labute approximate surface area is 214 Å². The number of benzene rings is 3. The smallest absolute Gasteiger partial charge is 0.343 e. The first-order chi connectivity index (χ1) is 17.6. The highest BCUT2D eigenvalue weighted by molar-refractivity contribution is 6.04. The first-order valence-electron chi connectivity index (χ1n) is 13.3. The van der Waals surface area contributed by atoms with Gasteiger partial charge in [-0.25, -0.2) is 4.79 Å². The van der Waals surface area contributed by atoms with Crippen LogP contribution in [0.1, 0.15) is 95.2 Å². The minimum absolute atomic E-state index is 0.0750. The molecule has 36 heavy (non-hydrogen) atoms. The normalized spacial score (nSPS) is 18.2. The fraction of sp³-hybridized carbons (Fsp3) is 0.333. The Kier molecular flexibility index (Phi) is 7.18. The summed E-state index contributed by atoms with van der Waals surface area (Å²) in [5.74, 6) is 1.64. The fourth-order valence-corrected chi connectivity index (χ4v) is 5.86. The van der Waals surface area contributed by atoms with Crippen molar-refractivity contribution in [2.75, 3.05) is 0 Å². The van der Waals surface area contributed by atoms with Gasteiger partial charge in [-0.3, -0.25) is 4.79 Å². The van der Waals surface area contributed by atoms with Gasteiger partial charge < -0.3 is 4.74 Å². The van der Waals surface area contributed by atoms with Crippen LogP contribution in [0.4, 0.5) is 0 Å². The number of fused-ring (bicyclic) bond motifs is 3. The molecule has 0 unspecified atom stereocenters. The van der Waals surface area contributed by atoms with Crippen molar-refractivity contribution >= 4 is 11.8 Å². The second kappa shape index (κ2) is 10.7. The standard InChI is InChI=1S/C33H34O3/c1-3-5-6-22-7-9-23(10-8-22)24-11-13-25(14-12-24)33(35)36-29-16-18-31-28(21-29)20-27-19-26(32(34)4-2)15-17-30(27)31/h4,11-19,21-23H,2-3,5-10,20H2,1H3. The zero-order valence-electron chi connectivity index (χ0n) is 21.1. The summed E-state index contributed by atoms with van der Waals surface area (Å²) in [6.07, 6.45) is 11.2. The molecule has 3 heteroatoms. The molecule has 0 radical (unpaired) electrons. The van der Waals surface area contributed by atoms with Gasteiger partial charge in [0.15, 0.2) is 5.78 Å². The Bertz CT molecular complexity index is 1280. The third kappa shape index (κ3) is 5.06. The van der Waals surface area contributed by atoms with Gasteiger partial charge in [-0.05, 0) is 108 Å². The minimum Gasteiger partial charge on any atom is -0.423 e. The van der Waals surface area contributed by atoms with E-state index in [1.165, 1.54) is 56.6 Å². The summed E-state index contributed by atoms with van der Waals surface area (Å²) in [5.41, 5.74) is 7.02. The number of unbranched alkanes of at least 4 members (excludes halogenated alkanes) is 1. The zero-order valence-corrected chi connectivity index (χ0v) is 21.1. The highest BCUT2D eigenvalue weighted by atomic mass is 16.5. The molecule has 0 bridgehead atoms. The van der Waals surface area contributed by atoms with E-state index in [9.17, 15) is 9.59 Å². The number of ether oxygens (including phenoxy) is 1. The van der Waals surface area contributed by atoms with Gasteiger partial charge in [0.2, 0.25) is 0 Å².